The third-order valence-corrected chi connectivity index (χ3v) is 2.53. The molecule has 1 rings (SSSR count). The molecule has 5 heteroatoms. The number of amides is 1. The molecule has 5 nitrogen and oxygen atoms in total. The number of carbonyl (C=O) groups is 2. The van der Waals surface area contributed by atoms with E-state index in [1.54, 1.807) is 6.07 Å². The number of nitrogens with one attached hydrogen (secondary N) is 1. The molecule has 0 aromatic heterocycles. The molecule has 0 fully saturated rings. The molecular formula is C14H19NO4. The Kier molecular flexibility index (Phi) is 5.36. The maximum atomic E-state index is 11.9. The van der Waals surface area contributed by atoms with Crippen LogP contribution in [-0.4, -0.2) is 29.6 Å². The highest BCUT2D eigenvalue weighted by molar-refractivity contribution is 5.84. The van der Waals surface area contributed by atoms with Crippen molar-refractivity contribution in [3.63, 3.8) is 0 Å². The van der Waals surface area contributed by atoms with E-state index in [-0.39, 0.29) is 5.92 Å². The van der Waals surface area contributed by atoms with Crippen molar-refractivity contribution in [3.05, 3.63) is 29.8 Å². The molecule has 0 bridgehead atoms. The first-order valence-electron chi connectivity index (χ1n) is 6.13. The van der Waals surface area contributed by atoms with Gasteiger partial charge in [0.05, 0.1) is 0 Å². The van der Waals surface area contributed by atoms with Crippen LogP contribution in [0, 0.1) is 12.8 Å². The predicted octanol–water partition coefficient (Wildman–Crippen LogP) is 1.60. The molecule has 0 saturated heterocycles. The van der Waals surface area contributed by atoms with E-state index >= 15 is 0 Å². The lowest BCUT2D eigenvalue weighted by Gasteiger charge is -2.21. The fraction of sp³-hybridized carbons (Fsp3) is 0.429. The zero-order valence-electron chi connectivity index (χ0n) is 11.3. The number of ether oxygens (including phenoxy) is 1. The third kappa shape index (κ3) is 4.99. The largest absolute Gasteiger partial charge is 0.480 e. The van der Waals surface area contributed by atoms with Crippen LogP contribution in [0.1, 0.15) is 19.4 Å². The van der Waals surface area contributed by atoms with Gasteiger partial charge in [-0.1, -0.05) is 26.0 Å². The fourth-order valence-electron chi connectivity index (χ4n) is 1.59. The maximum Gasteiger partial charge on any atom is 0.322 e. The molecule has 1 unspecified atom stereocenters. The highest BCUT2D eigenvalue weighted by Crippen LogP contribution is 2.17. The van der Waals surface area contributed by atoms with Crippen molar-refractivity contribution in [2.24, 2.45) is 5.92 Å². The van der Waals surface area contributed by atoms with E-state index in [9.17, 15) is 9.59 Å². The van der Waals surface area contributed by atoms with Crippen LogP contribution >= 0.6 is 0 Å². The number of carbonyl (C=O) groups excluding carboxylic acids is 1. The minimum atomic E-state index is -1.08. The molecule has 19 heavy (non-hydrogen) atoms. The molecule has 0 aliphatic rings. The van der Waals surface area contributed by atoms with Gasteiger partial charge < -0.3 is 15.2 Å². The SMILES string of the molecule is Cc1cccc(OC(C(=O)NCC(=O)O)C(C)C)c1. The van der Waals surface area contributed by atoms with Gasteiger partial charge >= 0.3 is 5.97 Å². The van der Waals surface area contributed by atoms with E-state index in [2.05, 4.69) is 5.32 Å². The van der Waals surface area contributed by atoms with Crippen molar-refractivity contribution in [2.75, 3.05) is 6.54 Å². The van der Waals surface area contributed by atoms with Gasteiger partial charge in [0.1, 0.15) is 12.3 Å². The Labute approximate surface area is 112 Å². The van der Waals surface area contributed by atoms with Crippen LogP contribution in [0.5, 0.6) is 5.75 Å². The summed E-state index contributed by atoms with van der Waals surface area (Å²) in [5.74, 6) is -0.955. The molecule has 0 radical (unpaired) electrons. The van der Waals surface area contributed by atoms with Crippen molar-refractivity contribution >= 4 is 11.9 Å². The van der Waals surface area contributed by atoms with E-state index in [0.717, 1.165) is 5.56 Å². The molecule has 0 aliphatic heterocycles. The molecule has 2 N–H and O–H groups in total. The quantitative estimate of drug-likeness (QED) is 0.819. The number of hydrogen-bond acceptors (Lipinski definition) is 3. The number of carboxylic acid groups (broad SMARTS) is 1. The van der Waals surface area contributed by atoms with Crippen molar-refractivity contribution in [3.8, 4) is 5.75 Å². The highest BCUT2D eigenvalue weighted by Gasteiger charge is 2.24. The van der Waals surface area contributed by atoms with Crippen molar-refractivity contribution in [2.45, 2.75) is 26.9 Å². The summed E-state index contributed by atoms with van der Waals surface area (Å²) >= 11 is 0. The second-order valence-corrected chi connectivity index (χ2v) is 4.71. The number of rotatable bonds is 6. The fourth-order valence-corrected chi connectivity index (χ4v) is 1.59. The number of benzene rings is 1. The molecule has 1 aromatic carbocycles. The molecule has 1 aromatic rings. The maximum absolute atomic E-state index is 11.9. The van der Waals surface area contributed by atoms with Crippen molar-refractivity contribution in [1.29, 1.82) is 0 Å². The summed E-state index contributed by atoms with van der Waals surface area (Å²) in [4.78, 5) is 22.3. The van der Waals surface area contributed by atoms with Crippen LogP contribution in [-0.2, 0) is 9.59 Å². The molecule has 0 aliphatic carbocycles. The summed E-state index contributed by atoms with van der Waals surface area (Å²) in [6.07, 6.45) is -0.707. The van der Waals surface area contributed by atoms with Gasteiger partial charge in [0.15, 0.2) is 6.10 Å². The van der Waals surface area contributed by atoms with Crippen LogP contribution in [0.15, 0.2) is 24.3 Å². The molecule has 1 atom stereocenters. The molecule has 104 valence electrons. The van der Waals surface area contributed by atoms with E-state index in [0.29, 0.717) is 5.75 Å². The summed E-state index contributed by atoms with van der Waals surface area (Å²) in [7, 11) is 0. The van der Waals surface area contributed by atoms with Crippen molar-refractivity contribution < 1.29 is 19.4 Å². The Bertz CT molecular complexity index is 457. The van der Waals surface area contributed by atoms with Gasteiger partial charge in [-0.3, -0.25) is 9.59 Å². The van der Waals surface area contributed by atoms with E-state index in [4.69, 9.17) is 9.84 Å². The summed E-state index contributed by atoms with van der Waals surface area (Å²) < 4.78 is 5.65. The normalized spacial score (nSPS) is 12.0. The average molecular weight is 265 g/mol. The van der Waals surface area contributed by atoms with Crippen LogP contribution in [0.2, 0.25) is 0 Å². The van der Waals surface area contributed by atoms with Gasteiger partial charge in [0.25, 0.3) is 5.91 Å². The summed E-state index contributed by atoms with van der Waals surface area (Å²) in [6.45, 7) is 5.22. The standard InChI is InChI=1S/C14H19NO4/c1-9(2)13(14(18)15-8-12(16)17)19-11-6-4-5-10(3)7-11/h4-7,9,13H,8H2,1-3H3,(H,15,18)(H,16,17). The number of hydrogen-bond donors (Lipinski definition) is 2. The predicted molar refractivity (Wildman–Crippen MR) is 71.1 cm³/mol. The Morgan fingerprint density at radius 2 is 2.05 bits per heavy atom. The van der Waals surface area contributed by atoms with E-state index in [1.165, 1.54) is 0 Å². The highest BCUT2D eigenvalue weighted by atomic mass is 16.5. The molecule has 1 amide bonds. The van der Waals surface area contributed by atoms with E-state index in [1.807, 2.05) is 39.0 Å². The van der Waals surface area contributed by atoms with Crippen LogP contribution in [0.3, 0.4) is 0 Å². The van der Waals surface area contributed by atoms with E-state index < -0.39 is 24.5 Å². The zero-order chi connectivity index (χ0) is 14.4. The smallest absolute Gasteiger partial charge is 0.322 e. The van der Waals surface area contributed by atoms with Crippen LogP contribution < -0.4 is 10.1 Å². The monoisotopic (exact) mass is 265 g/mol. The second kappa shape index (κ2) is 6.78. The van der Waals surface area contributed by atoms with Gasteiger partial charge in [0, 0.05) is 0 Å². The minimum Gasteiger partial charge on any atom is -0.480 e. The lowest BCUT2D eigenvalue weighted by atomic mass is 10.1. The van der Waals surface area contributed by atoms with Gasteiger partial charge in [-0.15, -0.1) is 0 Å². The molecule has 0 saturated carbocycles. The average Bonchev–Trinajstić information content (AvgIpc) is 2.32. The van der Waals surface area contributed by atoms with Gasteiger partial charge in [-0.2, -0.15) is 0 Å². The number of aryl methyl sites for hydroxylation is 1. The summed E-state index contributed by atoms with van der Waals surface area (Å²) in [6, 6.07) is 7.38. The number of aliphatic carboxylic acids is 1. The lowest BCUT2D eigenvalue weighted by molar-refractivity contribution is -0.139. The Balaban J connectivity index is 2.72. The topological polar surface area (TPSA) is 75.6 Å². The molecule has 0 spiro atoms. The first kappa shape index (κ1) is 15.0. The minimum absolute atomic E-state index is 0.0608. The summed E-state index contributed by atoms with van der Waals surface area (Å²) in [5.41, 5.74) is 1.03. The lowest BCUT2D eigenvalue weighted by Crippen LogP contribution is -2.43. The Morgan fingerprint density at radius 3 is 2.58 bits per heavy atom. The van der Waals surface area contributed by atoms with Gasteiger partial charge in [0.2, 0.25) is 0 Å². The molecular weight excluding hydrogens is 246 g/mol. The summed E-state index contributed by atoms with van der Waals surface area (Å²) in [5, 5.41) is 10.9. The zero-order valence-corrected chi connectivity index (χ0v) is 11.3. The van der Waals surface area contributed by atoms with Gasteiger partial charge in [-0.25, -0.2) is 0 Å². The van der Waals surface area contributed by atoms with Crippen molar-refractivity contribution in [1.82, 2.24) is 5.32 Å². The second-order valence-electron chi connectivity index (χ2n) is 4.71. The van der Waals surface area contributed by atoms with Crippen LogP contribution in [0.4, 0.5) is 0 Å². The molecule has 0 heterocycles. The first-order valence-corrected chi connectivity index (χ1v) is 6.13. The Hall–Kier alpha value is -2.04. The third-order valence-electron chi connectivity index (χ3n) is 2.53. The Morgan fingerprint density at radius 1 is 1.37 bits per heavy atom. The van der Waals surface area contributed by atoms with Crippen LogP contribution in [0.25, 0.3) is 0 Å². The van der Waals surface area contributed by atoms with Gasteiger partial charge in [-0.05, 0) is 30.5 Å². The first-order chi connectivity index (χ1) is 8.90. The number of carboxylic acids is 1.